The van der Waals surface area contributed by atoms with E-state index < -0.39 is 12.7 Å². The smallest absolute Gasteiger partial charge is 0.330 e. The van der Waals surface area contributed by atoms with Crippen molar-refractivity contribution in [2.45, 2.75) is 44.9 Å². The average molecular weight is 224 g/mol. The number of hydrogen-bond acceptors (Lipinski definition) is 2. The van der Waals surface area contributed by atoms with Gasteiger partial charge in [0.05, 0.1) is 6.54 Å². The van der Waals surface area contributed by atoms with Crippen molar-refractivity contribution < 1.29 is 13.2 Å². The summed E-state index contributed by atoms with van der Waals surface area (Å²) in [5.74, 6) is 0.245. The number of alkyl halides is 3. The molecule has 1 saturated carbocycles. The Bertz CT molecular complexity index is 201. The Morgan fingerprint density at radius 1 is 1.33 bits per heavy atom. The highest BCUT2D eigenvalue weighted by Crippen LogP contribution is 2.34. The van der Waals surface area contributed by atoms with Crippen molar-refractivity contribution in [2.24, 2.45) is 11.7 Å². The molecule has 1 fully saturated rings. The van der Waals surface area contributed by atoms with Crippen molar-refractivity contribution in [3.05, 3.63) is 0 Å². The first kappa shape index (κ1) is 12.8. The fourth-order valence-corrected chi connectivity index (χ4v) is 2.15. The van der Waals surface area contributed by atoms with Gasteiger partial charge in [0.15, 0.2) is 0 Å². The second-order valence-corrected chi connectivity index (χ2v) is 4.52. The van der Waals surface area contributed by atoms with Gasteiger partial charge in [0.1, 0.15) is 0 Å². The van der Waals surface area contributed by atoms with Crippen LogP contribution in [0.3, 0.4) is 0 Å². The van der Waals surface area contributed by atoms with Crippen molar-refractivity contribution in [1.82, 2.24) is 4.90 Å². The first-order valence-corrected chi connectivity index (χ1v) is 5.37. The van der Waals surface area contributed by atoms with Crippen LogP contribution in [0.1, 0.15) is 26.7 Å². The van der Waals surface area contributed by atoms with Crippen molar-refractivity contribution in [1.29, 1.82) is 0 Å². The summed E-state index contributed by atoms with van der Waals surface area (Å²) >= 11 is 0. The molecule has 0 amide bonds. The Balaban J connectivity index is 2.58. The van der Waals surface area contributed by atoms with Crippen LogP contribution in [0.2, 0.25) is 0 Å². The summed E-state index contributed by atoms with van der Waals surface area (Å²) < 4.78 is 37.0. The highest BCUT2D eigenvalue weighted by Gasteiger charge is 2.41. The lowest BCUT2D eigenvalue weighted by Crippen LogP contribution is -2.55. The summed E-state index contributed by atoms with van der Waals surface area (Å²) in [6.07, 6.45) is -2.31. The predicted molar refractivity (Wildman–Crippen MR) is 53.5 cm³/mol. The van der Waals surface area contributed by atoms with Crippen LogP contribution in [0.25, 0.3) is 0 Å². The van der Waals surface area contributed by atoms with E-state index in [0.717, 1.165) is 12.8 Å². The van der Waals surface area contributed by atoms with Crippen LogP contribution < -0.4 is 5.73 Å². The van der Waals surface area contributed by atoms with Crippen LogP contribution in [-0.4, -0.2) is 36.2 Å². The molecule has 0 bridgehead atoms. The highest BCUT2D eigenvalue weighted by molar-refractivity contribution is 4.91. The molecular weight excluding hydrogens is 205 g/mol. The number of hydrogen-bond donors (Lipinski definition) is 1. The SMILES string of the molecule is CC(C)N(CC(F)(F)F)C1CCC1CN. The van der Waals surface area contributed by atoms with E-state index in [1.807, 2.05) is 0 Å². The molecule has 2 nitrogen and oxygen atoms in total. The lowest BCUT2D eigenvalue weighted by Gasteiger charge is -2.46. The molecule has 90 valence electrons. The Morgan fingerprint density at radius 3 is 2.20 bits per heavy atom. The monoisotopic (exact) mass is 224 g/mol. The number of nitrogens with zero attached hydrogens (tertiary/aromatic N) is 1. The zero-order valence-electron chi connectivity index (χ0n) is 9.22. The van der Waals surface area contributed by atoms with E-state index in [0.29, 0.717) is 6.54 Å². The summed E-state index contributed by atoms with van der Waals surface area (Å²) in [6, 6.07) is -0.0531. The third-order valence-electron chi connectivity index (χ3n) is 3.13. The van der Waals surface area contributed by atoms with Crippen molar-refractivity contribution >= 4 is 0 Å². The van der Waals surface area contributed by atoms with Crippen LogP contribution in [0, 0.1) is 5.92 Å². The molecule has 0 spiro atoms. The maximum atomic E-state index is 12.3. The van der Waals surface area contributed by atoms with E-state index in [-0.39, 0.29) is 18.0 Å². The Hall–Kier alpha value is -0.290. The molecule has 0 aliphatic heterocycles. The van der Waals surface area contributed by atoms with Gasteiger partial charge in [-0.1, -0.05) is 0 Å². The topological polar surface area (TPSA) is 29.3 Å². The number of halogens is 3. The second kappa shape index (κ2) is 4.70. The minimum absolute atomic E-state index is 0.0247. The summed E-state index contributed by atoms with van der Waals surface area (Å²) in [5, 5.41) is 0. The average Bonchev–Trinajstić information content (AvgIpc) is 1.99. The molecule has 5 heteroatoms. The Morgan fingerprint density at radius 2 is 1.93 bits per heavy atom. The van der Waals surface area contributed by atoms with E-state index in [1.54, 1.807) is 13.8 Å². The van der Waals surface area contributed by atoms with Crippen molar-refractivity contribution in [3.8, 4) is 0 Å². The fraction of sp³-hybridized carbons (Fsp3) is 1.00. The van der Waals surface area contributed by atoms with Crippen molar-refractivity contribution in [3.63, 3.8) is 0 Å². The van der Waals surface area contributed by atoms with Crippen LogP contribution in [0.15, 0.2) is 0 Å². The van der Waals surface area contributed by atoms with Gasteiger partial charge in [-0.3, -0.25) is 4.90 Å². The normalized spacial score (nSPS) is 27.2. The predicted octanol–water partition coefficient (Wildman–Crippen LogP) is 2.00. The van der Waals surface area contributed by atoms with Gasteiger partial charge < -0.3 is 5.73 Å². The molecule has 0 aromatic heterocycles. The zero-order valence-corrected chi connectivity index (χ0v) is 9.22. The maximum Gasteiger partial charge on any atom is 0.401 e. The molecular formula is C10H19F3N2. The van der Waals surface area contributed by atoms with Crippen molar-refractivity contribution in [2.75, 3.05) is 13.1 Å². The molecule has 1 aliphatic rings. The van der Waals surface area contributed by atoms with Gasteiger partial charge in [0.2, 0.25) is 0 Å². The van der Waals surface area contributed by atoms with Gasteiger partial charge in [-0.25, -0.2) is 0 Å². The molecule has 2 N–H and O–H groups in total. The summed E-state index contributed by atoms with van der Waals surface area (Å²) in [5.41, 5.74) is 5.52. The lowest BCUT2D eigenvalue weighted by atomic mass is 9.78. The third kappa shape index (κ3) is 3.34. The first-order chi connectivity index (χ1) is 6.85. The van der Waals surface area contributed by atoms with E-state index in [9.17, 15) is 13.2 Å². The molecule has 2 unspecified atom stereocenters. The minimum atomic E-state index is -4.11. The number of nitrogens with two attached hydrogens (primary N) is 1. The van der Waals surface area contributed by atoms with Crippen LogP contribution in [0.4, 0.5) is 13.2 Å². The third-order valence-corrected chi connectivity index (χ3v) is 3.13. The minimum Gasteiger partial charge on any atom is -0.330 e. The van der Waals surface area contributed by atoms with Gasteiger partial charge in [-0.2, -0.15) is 13.2 Å². The van der Waals surface area contributed by atoms with Gasteiger partial charge >= 0.3 is 6.18 Å². The van der Waals surface area contributed by atoms with Crippen LogP contribution in [0.5, 0.6) is 0 Å². The molecule has 0 saturated heterocycles. The standard InChI is InChI=1S/C10H19F3N2/c1-7(2)15(6-10(11,12)13)9-4-3-8(9)5-14/h7-9H,3-6,14H2,1-2H3. The molecule has 2 atom stereocenters. The van der Waals surface area contributed by atoms with Gasteiger partial charge in [0, 0.05) is 12.1 Å². The molecule has 0 radical (unpaired) electrons. The maximum absolute atomic E-state index is 12.3. The molecule has 0 heterocycles. The largest absolute Gasteiger partial charge is 0.401 e. The van der Waals surface area contributed by atoms with Gasteiger partial charge in [-0.05, 0) is 39.2 Å². The van der Waals surface area contributed by atoms with E-state index in [2.05, 4.69) is 0 Å². The Labute approximate surface area is 88.6 Å². The zero-order chi connectivity index (χ0) is 11.6. The summed E-state index contributed by atoms with van der Waals surface area (Å²) in [6.45, 7) is 3.28. The first-order valence-electron chi connectivity index (χ1n) is 5.37. The van der Waals surface area contributed by atoms with E-state index in [4.69, 9.17) is 5.73 Å². The molecule has 0 aromatic rings. The van der Waals surface area contributed by atoms with Gasteiger partial charge in [0.25, 0.3) is 0 Å². The molecule has 1 rings (SSSR count). The van der Waals surface area contributed by atoms with Crippen LogP contribution >= 0.6 is 0 Å². The van der Waals surface area contributed by atoms with E-state index >= 15 is 0 Å². The van der Waals surface area contributed by atoms with E-state index in [1.165, 1.54) is 4.90 Å². The highest BCUT2D eigenvalue weighted by atomic mass is 19.4. The fourth-order valence-electron chi connectivity index (χ4n) is 2.15. The molecule has 1 aliphatic carbocycles. The molecule has 0 aromatic carbocycles. The number of rotatable bonds is 4. The van der Waals surface area contributed by atoms with Crippen LogP contribution in [-0.2, 0) is 0 Å². The summed E-state index contributed by atoms with van der Waals surface area (Å²) in [7, 11) is 0. The Kier molecular flexibility index (Phi) is 4.00. The summed E-state index contributed by atoms with van der Waals surface area (Å²) in [4.78, 5) is 1.53. The van der Waals surface area contributed by atoms with Gasteiger partial charge in [-0.15, -0.1) is 0 Å². The quantitative estimate of drug-likeness (QED) is 0.791. The molecule has 15 heavy (non-hydrogen) atoms. The second-order valence-electron chi connectivity index (χ2n) is 4.52. The lowest BCUT2D eigenvalue weighted by molar-refractivity contribution is -0.163.